The Balaban J connectivity index is 1.42. The number of anilines is 1. The first-order valence-corrected chi connectivity index (χ1v) is 10.7. The zero-order valence-corrected chi connectivity index (χ0v) is 17.7. The van der Waals surface area contributed by atoms with E-state index in [0.717, 1.165) is 27.1 Å². The number of fused-ring (bicyclic) bond motifs is 1. The second-order valence-corrected chi connectivity index (χ2v) is 8.84. The number of thiazole rings is 1. The first-order valence-electron chi connectivity index (χ1n) is 8.63. The Kier molecular flexibility index (Phi) is 5.35. The lowest BCUT2D eigenvalue weighted by atomic mass is 10.2. The van der Waals surface area contributed by atoms with E-state index in [1.807, 2.05) is 49.6 Å². The van der Waals surface area contributed by atoms with Crippen molar-refractivity contribution >= 4 is 55.5 Å². The van der Waals surface area contributed by atoms with Crippen molar-refractivity contribution in [1.82, 2.24) is 4.98 Å². The van der Waals surface area contributed by atoms with Gasteiger partial charge in [0.2, 0.25) is 0 Å². The molecule has 0 atom stereocenters. The van der Waals surface area contributed by atoms with Gasteiger partial charge >= 0.3 is 0 Å². The van der Waals surface area contributed by atoms with Crippen LogP contribution in [0.2, 0.25) is 5.02 Å². The summed E-state index contributed by atoms with van der Waals surface area (Å²) < 4.78 is 6.91. The van der Waals surface area contributed by atoms with Crippen LogP contribution in [-0.2, 0) is 6.61 Å². The summed E-state index contributed by atoms with van der Waals surface area (Å²) >= 11 is 8.84. The summed E-state index contributed by atoms with van der Waals surface area (Å²) in [6, 6.07) is 13.4. The van der Waals surface area contributed by atoms with E-state index in [4.69, 9.17) is 16.3 Å². The van der Waals surface area contributed by atoms with Gasteiger partial charge in [-0.2, -0.15) is 0 Å². The van der Waals surface area contributed by atoms with Crippen LogP contribution in [-0.4, -0.2) is 10.9 Å². The van der Waals surface area contributed by atoms with Gasteiger partial charge in [0.1, 0.15) is 12.4 Å². The summed E-state index contributed by atoms with van der Waals surface area (Å²) in [5, 5.41) is 6.12. The van der Waals surface area contributed by atoms with E-state index in [2.05, 4.69) is 16.4 Å². The van der Waals surface area contributed by atoms with Crippen LogP contribution in [0.5, 0.6) is 5.75 Å². The van der Waals surface area contributed by atoms with Gasteiger partial charge in [-0.15, -0.1) is 11.3 Å². The van der Waals surface area contributed by atoms with Crippen LogP contribution in [0.15, 0.2) is 47.8 Å². The summed E-state index contributed by atoms with van der Waals surface area (Å²) in [4.78, 5) is 17.6. The number of benzene rings is 2. The molecule has 0 aliphatic carbocycles. The zero-order valence-electron chi connectivity index (χ0n) is 15.3. The SMILES string of the molecule is Cc1ccc2nc(NC(=O)c3cc(COc4ccc(Cl)cc4C)cs3)sc2c1. The van der Waals surface area contributed by atoms with E-state index in [1.165, 1.54) is 28.2 Å². The summed E-state index contributed by atoms with van der Waals surface area (Å²) in [5.41, 5.74) is 3.99. The van der Waals surface area contributed by atoms with Crippen molar-refractivity contribution in [2.45, 2.75) is 20.5 Å². The van der Waals surface area contributed by atoms with Gasteiger partial charge in [-0.3, -0.25) is 10.1 Å². The van der Waals surface area contributed by atoms with Gasteiger partial charge in [0.15, 0.2) is 5.13 Å². The molecule has 0 aliphatic heterocycles. The molecule has 0 radical (unpaired) electrons. The summed E-state index contributed by atoms with van der Waals surface area (Å²) in [7, 11) is 0. The minimum atomic E-state index is -0.158. The van der Waals surface area contributed by atoms with Crippen LogP contribution >= 0.6 is 34.3 Å². The van der Waals surface area contributed by atoms with Gasteiger partial charge in [0.25, 0.3) is 5.91 Å². The number of carbonyl (C=O) groups is 1. The monoisotopic (exact) mass is 428 g/mol. The number of aromatic nitrogens is 1. The third-order valence-electron chi connectivity index (χ3n) is 4.17. The van der Waals surface area contributed by atoms with Crippen LogP contribution in [0.4, 0.5) is 5.13 Å². The van der Waals surface area contributed by atoms with E-state index in [0.29, 0.717) is 21.6 Å². The highest BCUT2D eigenvalue weighted by atomic mass is 35.5. The second-order valence-electron chi connectivity index (χ2n) is 6.46. The van der Waals surface area contributed by atoms with Gasteiger partial charge < -0.3 is 4.74 Å². The Morgan fingerprint density at radius 3 is 2.86 bits per heavy atom. The highest BCUT2D eigenvalue weighted by Gasteiger charge is 2.13. The molecule has 4 nitrogen and oxygen atoms in total. The Morgan fingerprint density at radius 2 is 2.04 bits per heavy atom. The highest BCUT2D eigenvalue weighted by molar-refractivity contribution is 7.22. The van der Waals surface area contributed by atoms with Gasteiger partial charge in [-0.25, -0.2) is 4.98 Å². The zero-order chi connectivity index (χ0) is 19.7. The number of amides is 1. The number of rotatable bonds is 5. The number of carbonyl (C=O) groups excluding carboxylic acids is 1. The van der Waals surface area contributed by atoms with Crippen molar-refractivity contribution in [2.75, 3.05) is 5.32 Å². The quantitative estimate of drug-likeness (QED) is 0.397. The summed E-state index contributed by atoms with van der Waals surface area (Å²) in [6.07, 6.45) is 0. The van der Waals surface area contributed by atoms with E-state index in [1.54, 1.807) is 6.07 Å². The second kappa shape index (κ2) is 7.91. The first kappa shape index (κ1) is 18.9. The van der Waals surface area contributed by atoms with Crippen LogP contribution in [0.1, 0.15) is 26.4 Å². The molecule has 0 saturated carbocycles. The van der Waals surface area contributed by atoms with Crippen LogP contribution in [0.25, 0.3) is 10.2 Å². The average molecular weight is 429 g/mol. The Morgan fingerprint density at radius 1 is 1.18 bits per heavy atom. The number of halogens is 1. The van der Waals surface area contributed by atoms with Crippen LogP contribution in [0, 0.1) is 13.8 Å². The summed E-state index contributed by atoms with van der Waals surface area (Å²) in [6.45, 7) is 4.39. The molecular weight excluding hydrogens is 412 g/mol. The number of aryl methyl sites for hydroxylation is 2. The summed E-state index contributed by atoms with van der Waals surface area (Å²) in [5.74, 6) is 0.626. The average Bonchev–Trinajstić information content (AvgIpc) is 3.27. The minimum absolute atomic E-state index is 0.158. The molecule has 2 aromatic carbocycles. The van der Waals surface area contributed by atoms with Gasteiger partial charge in [-0.05, 0) is 66.8 Å². The first-order chi connectivity index (χ1) is 13.5. The molecular formula is C21H17ClN2O2S2. The predicted molar refractivity (Wildman–Crippen MR) is 117 cm³/mol. The highest BCUT2D eigenvalue weighted by Crippen LogP contribution is 2.28. The van der Waals surface area contributed by atoms with Crippen molar-refractivity contribution in [3.05, 3.63) is 74.4 Å². The largest absolute Gasteiger partial charge is 0.489 e. The predicted octanol–water partition coefficient (Wildman–Crippen LogP) is 6.46. The number of nitrogens with zero attached hydrogens (tertiary/aromatic N) is 1. The van der Waals surface area contributed by atoms with E-state index in [-0.39, 0.29) is 5.91 Å². The Bertz CT molecular complexity index is 1170. The molecule has 0 saturated heterocycles. The minimum Gasteiger partial charge on any atom is -0.489 e. The van der Waals surface area contributed by atoms with Crippen molar-refractivity contribution in [3.63, 3.8) is 0 Å². The fourth-order valence-corrected chi connectivity index (χ4v) is 4.73. The molecule has 0 unspecified atom stereocenters. The standard InChI is InChI=1S/C21H17ClN2O2S2/c1-12-3-5-16-18(7-12)28-21(23-16)24-20(25)19-9-14(11-27-19)10-26-17-6-4-15(22)8-13(17)2/h3-9,11H,10H2,1-2H3,(H,23,24,25). The van der Waals surface area contributed by atoms with Crippen LogP contribution < -0.4 is 10.1 Å². The molecule has 0 fully saturated rings. The van der Waals surface area contributed by atoms with Crippen molar-refractivity contribution in [2.24, 2.45) is 0 Å². The molecule has 142 valence electrons. The number of nitrogens with one attached hydrogen (secondary N) is 1. The fourth-order valence-electron chi connectivity index (χ4n) is 2.75. The van der Waals surface area contributed by atoms with E-state index >= 15 is 0 Å². The number of hydrogen-bond donors (Lipinski definition) is 1. The van der Waals surface area contributed by atoms with Gasteiger partial charge in [0.05, 0.1) is 15.1 Å². The lowest BCUT2D eigenvalue weighted by Gasteiger charge is -2.08. The molecule has 7 heteroatoms. The maximum atomic E-state index is 12.5. The maximum Gasteiger partial charge on any atom is 0.267 e. The Hall–Kier alpha value is -2.41. The van der Waals surface area contributed by atoms with Crippen molar-refractivity contribution in [3.8, 4) is 5.75 Å². The molecule has 2 aromatic heterocycles. The third kappa shape index (κ3) is 4.19. The normalized spacial score (nSPS) is 11.0. The molecule has 2 heterocycles. The number of thiophene rings is 1. The Labute approximate surface area is 175 Å². The molecule has 1 amide bonds. The molecule has 4 rings (SSSR count). The van der Waals surface area contributed by atoms with Crippen molar-refractivity contribution in [1.29, 1.82) is 0 Å². The third-order valence-corrected chi connectivity index (χ3v) is 6.32. The van der Waals surface area contributed by atoms with Gasteiger partial charge in [-0.1, -0.05) is 29.0 Å². The number of ether oxygens (including phenoxy) is 1. The molecule has 1 N–H and O–H groups in total. The molecule has 0 spiro atoms. The topological polar surface area (TPSA) is 51.2 Å². The van der Waals surface area contributed by atoms with E-state index < -0.39 is 0 Å². The molecule has 0 aliphatic rings. The molecule has 0 bridgehead atoms. The molecule has 4 aromatic rings. The van der Waals surface area contributed by atoms with Gasteiger partial charge in [0, 0.05) is 10.6 Å². The lowest BCUT2D eigenvalue weighted by Crippen LogP contribution is -2.09. The van der Waals surface area contributed by atoms with Crippen molar-refractivity contribution < 1.29 is 9.53 Å². The maximum absolute atomic E-state index is 12.5. The fraction of sp³-hybridized carbons (Fsp3) is 0.143. The number of hydrogen-bond acceptors (Lipinski definition) is 5. The van der Waals surface area contributed by atoms with Crippen LogP contribution in [0.3, 0.4) is 0 Å². The van der Waals surface area contributed by atoms with E-state index in [9.17, 15) is 4.79 Å². The smallest absolute Gasteiger partial charge is 0.267 e. The molecule has 28 heavy (non-hydrogen) atoms. The lowest BCUT2D eigenvalue weighted by molar-refractivity contribution is 0.103.